The Morgan fingerprint density at radius 2 is 1.96 bits per heavy atom. The summed E-state index contributed by atoms with van der Waals surface area (Å²) in [7, 11) is 0. The first kappa shape index (κ1) is 19.2. The van der Waals surface area contributed by atoms with Crippen molar-refractivity contribution in [2.24, 2.45) is 0 Å². The predicted molar refractivity (Wildman–Crippen MR) is 79.2 cm³/mol. The molecular weight excluding hydrogens is 324 g/mol. The summed E-state index contributed by atoms with van der Waals surface area (Å²) >= 11 is 0. The van der Waals surface area contributed by atoms with Crippen molar-refractivity contribution in [1.29, 1.82) is 0 Å². The fourth-order valence-corrected chi connectivity index (χ4v) is 2.14. The minimum Gasteiger partial charge on any atom is -1.00 e. The first-order chi connectivity index (χ1) is 10.7. The van der Waals surface area contributed by atoms with Crippen LogP contribution in [-0.4, -0.2) is 67.9 Å². The number of amides is 1. The van der Waals surface area contributed by atoms with Crippen LogP contribution in [0.25, 0.3) is 0 Å². The Kier molecular flexibility index (Phi) is 8.39. The molecule has 0 spiro atoms. The smallest absolute Gasteiger partial charge is 0.339 e. The lowest BCUT2D eigenvalue weighted by Gasteiger charge is -2.26. The summed E-state index contributed by atoms with van der Waals surface area (Å²) in [6.07, 6.45) is 0. The minimum absolute atomic E-state index is 0. The van der Waals surface area contributed by atoms with Gasteiger partial charge in [-0.3, -0.25) is 9.69 Å². The van der Waals surface area contributed by atoms with Crippen LogP contribution in [-0.2, 0) is 9.53 Å². The van der Waals surface area contributed by atoms with Gasteiger partial charge in [-0.05, 0) is 12.1 Å². The zero-order chi connectivity index (χ0) is 15.8. The Bertz CT molecular complexity index is 520. The number of halogens is 1. The third-order valence-corrected chi connectivity index (χ3v) is 3.33. The molecule has 1 aliphatic rings. The number of aromatic carboxylic acids is 1. The van der Waals surface area contributed by atoms with Crippen molar-refractivity contribution in [1.82, 2.24) is 10.2 Å². The van der Waals surface area contributed by atoms with Gasteiger partial charge in [-0.25, -0.2) is 4.79 Å². The van der Waals surface area contributed by atoms with Gasteiger partial charge in [0.05, 0.1) is 13.2 Å². The quantitative estimate of drug-likeness (QED) is 0.557. The van der Waals surface area contributed by atoms with Gasteiger partial charge in [0.25, 0.3) is 5.91 Å². The van der Waals surface area contributed by atoms with Crippen molar-refractivity contribution in [2.75, 3.05) is 46.0 Å². The van der Waals surface area contributed by atoms with Crippen LogP contribution in [0.15, 0.2) is 24.3 Å². The van der Waals surface area contributed by atoms with E-state index in [-0.39, 0.29) is 36.2 Å². The molecule has 0 aromatic heterocycles. The van der Waals surface area contributed by atoms with Crippen LogP contribution >= 0.6 is 0 Å². The van der Waals surface area contributed by atoms with Crippen molar-refractivity contribution in [3.8, 4) is 5.75 Å². The zero-order valence-electron chi connectivity index (χ0n) is 12.7. The number of nitrogens with one attached hydrogen (secondary N) is 1. The molecule has 1 amide bonds. The number of rotatable bonds is 7. The summed E-state index contributed by atoms with van der Waals surface area (Å²) in [5, 5.41) is 11.8. The summed E-state index contributed by atoms with van der Waals surface area (Å²) in [4.78, 5) is 24.9. The Morgan fingerprint density at radius 1 is 1.26 bits per heavy atom. The molecular formula is C15H20ClN2O5-. The number of carboxylic acids is 1. The second-order valence-corrected chi connectivity index (χ2v) is 4.89. The monoisotopic (exact) mass is 343 g/mol. The molecule has 1 saturated heterocycles. The molecule has 0 aliphatic carbocycles. The lowest BCUT2D eigenvalue weighted by molar-refractivity contribution is -0.123. The molecule has 2 N–H and O–H groups in total. The lowest BCUT2D eigenvalue weighted by Crippen LogP contribution is -3.00. The molecule has 0 atom stereocenters. The van der Waals surface area contributed by atoms with Crippen molar-refractivity contribution in [3.63, 3.8) is 0 Å². The van der Waals surface area contributed by atoms with Crippen LogP contribution in [0, 0.1) is 0 Å². The molecule has 8 heteroatoms. The van der Waals surface area contributed by atoms with Gasteiger partial charge in [-0.15, -0.1) is 0 Å². The third kappa shape index (κ3) is 6.43. The van der Waals surface area contributed by atoms with Crippen LogP contribution in [0.2, 0.25) is 0 Å². The van der Waals surface area contributed by atoms with E-state index in [4.69, 9.17) is 14.6 Å². The van der Waals surface area contributed by atoms with Crippen molar-refractivity contribution >= 4 is 11.9 Å². The Hall–Kier alpha value is -1.83. The molecule has 1 heterocycles. The summed E-state index contributed by atoms with van der Waals surface area (Å²) in [5.74, 6) is -1.16. The highest BCUT2D eigenvalue weighted by Crippen LogP contribution is 2.17. The summed E-state index contributed by atoms with van der Waals surface area (Å²) in [6, 6.07) is 6.25. The van der Waals surface area contributed by atoms with Crippen LogP contribution < -0.4 is 22.5 Å². The first-order valence-electron chi connectivity index (χ1n) is 7.19. The number of morpholine rings is 1. The Balaban J connectivity index is 0.00000264. The third-order valence-electron chi connectivity index (χ3n) is 3.33. The molecule has 1 fully saturated rings. The maximum atomic E-state index is 11.7. The van der Waals surface area contributed by atoms with E-state index in [1.54, 1.807) is 12.1 Å². The van der Waals surface area contributed by atoms with Gasteiger partial charge in [0, 0.05) is 26.2 Å². The summed E-state index contributed by atoms with van der Waals surface area (Å²) in [6.45, 7) is 4.29. The number of nitrogens with zero attached hydrogens (tertiary/aromatic N) is 1. The van der Waals surface area contributed by atoms with Gasteiger partial charge in [-0.2, -0.15) is 0 Å². The highest BCUT2D eigenvalue weighted by Gasteiger charge is 2.12. The van der Waals surface area contributed by atoms with E-state index in [1.807, 2.05) is 0 Å². The van der Waals surface area contributed by atoms with Crippen molar-refractivity contribution < 1.29 is 36.6 Å². The first-order valence-corrected chi connectivity index (χ1v) is 7.19. The van der Waals surface area contributed by atoms with Gasteiger partial charge < -0.3 is 32.3 Å². The van der Waals surface area contributed by atoms with Gasteiger partial charge in [-0.1, -0.05) is 12.1 Å². The predicted octanol–water partition coefficient (Wildman–Crippen LogP) is -2.78. The normalized spacial score (nSPS) is 14.6. The molecule has 0 bridgehead atoms. The molecule has 0 unspecified atom stereocenters. The van der Waals surface area contributed by atoms with E-state index in [2.05, 4.69) is 10.2 Å². The Morgan fingerprint density at radius 3 is 2.65 bits per heavy atom. The maximum Gasteiger partial charge on any atom is 0.339 e. The van der Waals surface area contributed by atoms with Gasteiger partial charge in [0.1, 0.15) is 11.3 Å². The summed E-state index contributed by atoms with van der Waals surface area (Å²) in [5.41, 5.74) is 0.0450. The van der Waals surface area contributed by atoms with Crippen LogP contribution in [0.3, 0.4) is 0 Å². The second-order valence-electron chi connectivity index (χ2n) is 4.89. The minimum atomic E-state index is -1.08. The molecule has 128 valence electrons. The molecule has 0 saturated carbocycles. The number of benzene rings is 1. The lowest BCUT2D eigenvalue weighted by atomic mass is 10.2. The molecule has 2 rings (SSSR count). The van der Waals surface area contributed by atoms with E-state index in [0.717, 1.165) is 32.8 Å². The number of ether oxygens (including phenoxy) is 2. The van der Waals surface area contributed by atoms with Crippen LogP contribution in [0.5, 0.6) is 5.75 Å². The van der Waals surface area contributed by atoms with Gasteiger partial charge in [0.15, 0.2) is 6.61 Å². The summed E-state index contributed by atoms with van der Waals surface area (Å²) < 4.78 is 10.5. The van der Waals surface area contributed by atoms with E-state index in [9.17, 15) is 9.59 Å². The maximum absolute atomic E-state index is 11.7. The number of carbonyl (C=O) groups excluding carboxylic acids is 1. The molecule has 1 aromatic carbocycles. The van der Waals surface area contributed by atoms with Crippen molar-refractivity contribution in [3.05, 3.63) is 29.8 Å². The van der Waals surface area contributed by atoms with E-state index in [0.29, 0.717) is 6.54 Å². The van der Waals surface area contributed by atoms with E-state index in [1.165, 1.54) is 12.1 Å². The number of para-hydroxylation sites is 1. The topological polar surface area (TPSA) is 88.1 Å². The van der Waals surface area contributed by atoms with E-state index < -0.39 is 5.97 Å². The average Bonchev–Trinajstić information content (AvgIpc) is 2.54. The van der Waals surface area contributed by atoms with Crippen LogP contribution in [0.4, 0.5) is 0 Å². The highest BCUT2D eigenvalue weighted by molar-refractivity contribution is 5.91. The fourth-order valence-electron chi connectivity index (χ4n) is 2.14. The van der Waals surface area contributed by atoms with E-state index >= 15 is 0 Å². The average molecular weight is 344 g/mol. The molecule has 0 radical (unpaired) electrons. The standard InChI is InChI=1S/C15H20N2O5.ClH/c18-14(16-5-6-17-7-9-21-10-8-17)11-22-13-4-2-1-3-12(13)15(19)20;/h1-4H,5-11H2,(H,16,18)(H,19,20);1H/p-1. The van der Waals surface area contributed by atoms with Crippen molar-refractivity contribution in [2.45, 2.75) is 0 Å². The highest BCUT2D eigenvalue weighted by atomic mass is 35.5. The fraction of sp³-hybridized carbons (Fsp3) is 0.467. The molecule has 7 nitrogen and oxygen atoms in total. The molecule has 1 aromatic rings. The SMILES string of the molecule is O=C(COc1ccccc1C(=O)O)NCCN1CCOCC1.[Cl-]. The van der Waals surface area contributed by atoms with Crippen LogP contribution in [0.1, 0.15) is 10.4 Å². The Labute approximate surface area is 141 Å². The molecule has 1 aliphatic heterocycles. The number of carbonyl (C=O) groups is 2. The number of hydrogen-bond donors (Lipinski definition) is 2. The zero-order valence-corrected chi connectivity index (χ0v) is 13.4. The second kappa shape index (κ2) is 10.0. The molecule has 23 heavy (non-hydrogen) atoms. The largest absolute Gasteiger partial charge is 1.00 e. The number of hydrogen-bond acceptors (Lipinski definition) is 5. The van der Waals surface area contributed by atoms with Gasteiger partial charge in [0.2, 0.25) is 0 Å². The number of carboxylic acid groups (broad SMARTS) is 1. The van der Waals surface area contributed by atoms with Gasteiger partial charge >= 0.3 is 5.97 Å².